The van der Waals surface area contributed by atoms with Gasteiger partial charge in [-0.15, -0.1) is 10.2 Å². The highest BCUT2D eigenvalue weighted by atomic mass is 19.4. The second kappa shape index (κ2) is 7.47. The predicted octanol–water partition coefficient (Wildman–Crippen LogP) is 0.714. The van der Waals surface area contributed by atoms with Gasteiger partial charge in [-0.25, -0.2) is 0 Å². The molecule has 5 rings (SSSR count). The Balaban J connectivity index is 1.33. The summed E-state index contributed by atoms with van der Waals surface area (Å²) >= 11 is 0. The molecule has 1 unspecified atom stereocenters. The van der Waals surface area contributed by atoms with Gasteiger partial charge in [0.1, 0.15) is 11.9 Å². The van der Waals surface area contributed by atoms with Crippen LogP contribution in [-0.2, 0) is 35.4 Å². The lowest BCUT2D eigenvalue weighted by Gasteiger charge is -2.28. The number of fused-ring (bicyclic) bond motifs is 2. The van der Waals surface area contributed by atoms with Gasteiger partial charge >= 0.3 is 6.18 Å². The van der Waals surface area contributed by atoms with Crippen molar-refractivity contribution in [1.82, 2.24) is 29.9 Å². The fourth-order valence-electron chi connectivity index (χ4n) is 4.43. The van der Waals surface area contributed by atoms with E-state index in [0.717, 1.165) is 9.47 Å². The van der Waals surface area contributed by atoms with Crippen molar-refractivity contribution in [3.8, 4) is 0 Å². The molecule has 13 heteroatoms. The third-order valence-electron chi connectivity index (χ3n) is 6.00. The average molecular weight is 462 g/mol. The Labute approximate surface area is 184 Å². The van der Waals surface area contributed by atoms with E-state index in [9.17, 15) is 32.3 Å². The highest BCUT2D eigenvalue weighted by Gasteiger charge is 2.45. The quantitative estimate of drug-likeness (QED) is 0.668. The lowest BCUT2D eigenvalue weighted by molar-refractivity contribution is -0.148. The summed E-state index contributed by atoms with van der Waals surface area (Å²) in [6, 6.07) is 3.68. The van der Waals surface area contributed by atoms with Crippen LogP contribution in [0.2, 0.25) is 0 Å². The van der Waals surface area contributed by atoms with Crippen molar-refractivity contribution in [2.75, 3.05) is 6.54 Å². The molecule has 0 bridgehead atoms. The number of aromatic nitrogens is 3. The number of carbonyl (C=O) groups excluding carboxylic acids is 4. The van der Waals surface area contributed by atoms with Gasteiger partial charge in [0.2, 0.25) is 17.6 Å². The topological polar surface area (TPSA) is 118 Å². The molecule has 0 spiro atoms. The van der Waals surface area contributed by atoms with Crippen molar-refractivity contribution in [3.63, 3.8) is 0 Å². The van der Waals surface area contributed by atoms with E-state index in [0.29, 0.717) is 18.7 Å². The van der Waals surface area contributed by atoms with Gasteiger partial charge in [-0.2, -0.15) is 13.2 Å². The largest absolute Gasteiger partial charge is 0.451 e. The summed E-state index contributed by atoms with van der Waals surface area (Å²) in [4.78, 5) is 52.0. The number of benzene rings is 1. The number of nitrogens with one attached hydrogen (secondary N) is 1. The van der Waals surface area contributed by atoms with Crippen LogP contribution in [0.25, 0.3) is 0 Å². The first-order chi connectivity index (χ1) is 15.6. The molecule has 4 heterocycles. The van der Waals surface area contributed by atoms with E-state index in [4.69, 9.17) is 0 Å². The van der Waals surface area contributed by atoms with Gasteiger partial charge in [-0.05, 0) is 24.1 Å². The standard InChI is InChI=1S/C20H17F3N6O4/c21-20(22,23)19-26-25-14-9-27(5-6-28(14)19)8-10-1-2-11-12(7-10)18(33)29(17(11)32)13-3-4-15(30)24-16(13)31/h1-2,7,13H,3-6,8-9H2,(H,24,30,31). The van der Waals surface area contributed by atoms with Crippen LogP contribution in [0, 0.1) is 0 Å². The van der Waals surface area contributed by atoms with Crippen molar-refractivity contribution < 1.29 is 32.3 Å². The van der Waals surface area contributed by atoms with Gasteiger partial charge < -0.3 is 4.57 Å². The van der Waals surface area contributed by atoms with Crippen LogP contribution in [0.4, 0.5) is 13.2 Å². The van der Waals surface area contributed by atoms with E-state index in [1.54, 1.807) is 12.1 Å². The molecule has 2 aromatic rings. The molecule has 10 nitrogen and oxygen atoms in total. The van der Waals surface area contributed by atoms with Crippen molar-refractivity contribution in [1.29, 1.82) is 0 Å². The third-order valence-corrected chi connectivity index (χ3v) is 6.00. The van der Waals surface area contributed by atoms with E-state index in [-0.39, 0.29) is 42.9 Å². The summed E-state index contributed by atoms with van der Waals surface area (Å²) in [5.74, 6) is -3.16. The number of imide groups is 2. The summed E-state index contributed by atoms with van der Waals surface area (Å²) in [6.45, 7) is 0.861. The predicted molar refractivity (Wildman–Crippen MR) is 102 cm³/mol. The summed E-state index contributed by atoms with van der Waals surface area (Å²) in [7, 11) is 0. The minimum absolute atomic E-state index is 0.0324. The molecule has 1 N–H and O–H groups in total. The second-order valence-electron chi connectivity index (χ2n) is 8.13. The minimum Gasteiger partial charge on any atom is -0.305 e. The van der Waals surface area contributed by atoms with Crippen LogP contribution in [-0.4, -0.2) is 60.8 Å². The van der Waals surface area contributed by atoms with E-state index < -0.39 is 41.7 Å². The molecule has 1 aromatic heterocycles. The molecule has 3 aliphatic heterocycles. The van der Waals surface area contributed by atoms with Gasteiger partial charge in [-0.1, -0.05) is 6.07 Å². The van der Waals surface area contributed by atoms with Crippen molar-refractivity contribution in [2.24, 2.45) is 0 Å². The lowest BCUT2D eigenvalue weighted by atomic mass is 10.0. The Morgan fingerprint density at radius 2 is 1.79 bits per heavy atom. The molecule has 4 amide bonds. The Hall–Kier alpha value is -3.61. The zero-order chi connectivity index (χ0) is 23.5. The van der Waals surface area contributed by atoms with E-state index in [1.807, 2.05) is 4.90 Å². The van der Waals surface area contributed by atoms with Crippen LogP contribution >= 0.6 is 0 Å². The summed E-state index contributed by atoms with van der Waals surface area (Å²) < 4.78 is 40.1. The first kappa shape index (κ1) is 21.2. The third kappa shape index (κ3) is 3.57. The van der Waals surface area contributed by atoms with Crippen molar-refractivity contribution in [2.45, 2.75) is 44.7 Å². The molecule has 0 aliphatic carbocycles. The van der Waals surface area contributed by atoms with E-state index >= 15 is 0 Å². The summed E-state index contributed by atoms with van der Waals surface area (Å²) in [5, 5.41) is 9.06. The average Bonchev–Trinajstić information content (AvgIpc) is 3.28. The first-order valence-corrected chi connectivity index (χ1v) is 10.2. The van der Waals surface area contributed by atoms with Gasteiger partial charge in [0.05, 0.1) is 17.7 Å². The molecule has 1 atom stereocenters. The SMILES string of the molecule is O=C1CCC(N2C(=O)c3ccc(CN4CCn5c(nnc5C(F)(F)F)C4)cc3C2=O)C(=O)N1. The number of rotatable bonds is 3. The zero-order valence-corrected chi connectivity index (χ0v) is 17.1. The molecule has 3 aliphatic rings. The number of piperidine rings is 1. The maximum absolute atomic E-state index is 13.0. The van der Waals surface area contributed by atoms with E-state index in [2.05, 4.69) is 15.5 Å². The number of nitrogens with zero attached hydrogens (tertiary/aromatic N) is 5. The number of halogens is 3. The first-order valence-electron chi connectivity index (χ1n) is 10.2. The number of carbonyl (C=O) groups is 4. The minimum atomic E-state index is -4.57. The molecule has 172 valence electrons. The monoisotopic (exact) mass is 462 g/mol. The van der Waals surface area contributed by atoms with Gasteiger partial charge in [-0.3, -0.25) is 34.3 Å². The van der Waals surface area contributed by atoms with Crippen LogP contribution in [0.5, 0.6) is 0 Å². The van der Waals surface area contributed by atoms with E-state index in [1.165, 1.54) is 6.07 Å². The highest BCUT2D eigenvalue weighted by molar-refractivity contribution is 6.23. The second-order valence-corrected chi connectivity index (χ2v) is 8.13. The van der Waals surface area contributed by atoms with Crippen LogP contribution in [0.15, 0.2) is 18.2 Å². The normalized spacial score (nSPS) is 21.3. The molecule has 0 radical (unpaired) electrons. The maximum atomic E-state index is 13.0. The smallest absolute Gasteiger partial charge is 0.305 e. The van der Waals surface area contributed by atoms with Crippen LogP contribution in [0.3, 0.4) is 0 Å². The molecular weight excluding hydrogens is 445 g/mol. The molecule has 33 heavy (non-hydrogen) atoms. The highest BCUT2D eigenvalue weighted by Crippen LogP contribution is 2.31. The molecule has 1 fully saturated rings. The fourth-order valence-corrected chi connectivity index (χ4v) is 4.43. The molecule has 1 saturated heterocycles. The fraction of sp³-hybridized carbons (Fsp3) is 0.400. The molecule has 1 aromatic carbocycles. The van der Waals surface area contributed by atoms with Crippen LogP contribution in [0.1, 0.15) is 50.8 Å². The van der Waals surface area contributed by atoms with Gasteiger partial charge in [0.15, 0.2) is 0 Å². The number of hydrogen-bond donors (Lipinski definition) is 1. The Morgan fingerprint density at radius 3 is 2.52 bits per heavy atom. The molecular formula is C20H17F3N6O4. The Morgan fingerprint density at radius 1 is 1.03 bits per heavy atom. The number of alkyl halides is 3. The number of amides is 4. The van der Waals surface area contributed by atoms with Crippen molar-refractivity contribution in [3.05, 3.63) is 46.5 Å². The number of hydrogen-bond acceptors (Lipinski definition) is 7. The summed E-state index contributed by atoms with van der Waals surface area (Å²) in [6.07, 6.45) is -4.48. The molecule has 0 saturated carbocycles. The Kier molecular flexibility index (Phi) is 4.81. The maximum Gasteiger partial charge on any atom is 0.451 e. The Bertz CT molecular complexity index is 1210. The summed E-state index contributed by atoms with van der Waals surface area (Å²) in [5.41, 5.74) is 1.01. The van der Waals surface area contributed by atoms with Gasteiger partial charge in [0.25, 0.3) is 11.8 Å². The van der Waals surface area contributed by atoms with Gasteiger partial charge in [0, 0.05) is 26.1 Å². The zero-order valence-electron chi connectivity index (χ0n) is 17.1. The van der Waals surface area contributed by atoms with Crippen LogP contribution < -0.4 is 5.32 Å². The lowest BCUT2D eigenvalue weighted by Crippen LogP contribution is -2.54. The van der Waals surface area contributed by atoms with Crippen molar-refractivity contribution >= 4 is 23.6 Å².